The first-order valence-corrected chi connectivity index (χ1v) is 19.4. The van der Waals surface area contributed by atoms with Gasteiger partial charge in [-0.05, 0) is 12.0 Å². The Morgan fingerprint density at radius 1 is 0.696 bits per heavy atom. The third kappa shape index (κ3) is 7.10. The summed E-state index contributed by atoms with van der Waals surface area (Å²) in [5.74, 6) is 0. The minimum atomic E-state index is -1.08. The van der Waals surface area contributed by atoms with Gasteiger partial charge in [-0.1, -0.05) is 113 Å². The Morgan fingerprint density at radius 2 is 1.22 bits per heavy atom. The van der Waals surface area contributed by atoms with Gasteiger partial charge < -0.3 is 0 Å². The van der Waals surface area contributed by atoms with Crippen molar-refractivity contribution in [2.75, 3.05) is 0 Å². The van der Waals surface area contributed by atoms with Crippen LogP contribution in [-0.4, -0.2) is 24.2 Å². The summed E-state index contributed by atoms with van der Waals surface area (Å²) in [6.07, 6.45) is 1.29. The Kier molecular flexibility index (Phi) is 8.02. The van der Waals surface area contributed by atoms with Crippen LogP contribution >= 0.6 is 0 Å². The maximum absolute atomic E-state index is 2.70. The second-order valence-corrected chi connectivity index (χ2v) is 26.3. The molecule has 0 amide bonds. The fourth-order valence-corrected chi connectivity index (χ4v) is 31.0. The number of benzene rings is 1. The lowest BCUT2D eigenvalue weighted by Crippen LogP contribution is -2.47. The van der Waals surface area contributed by atoms with E-state index in [1.54, 1.807) is 11.3 Å². The summed E-state index contributed by atoms with van der Waals surface area (Å²) in [7, 11) is -3.08. The molecule has 0 aromatic heterocycles. The maximum atomic E-state index is 2.70. The van der Waals surface area contributed by atoms with Gasteiger partial charge in [0.25, 0.3) is 0 Å². The van der Waals surface area contributed by atoms with E-state index in [-0.39, 0.29) is 0 Å². The number of hydrogen-bond acceptors (Lipinski definition) is 0. The van der Waals surface area contributed by atoms with E-state index in [1.807, 2.05) is 0 Å². The van der Waals surface area contributed by atoms with Crippen molar-refractivity contribution in [2.45, 2.75) is 88.9 Å². The zero-order valence-corrected chi connectivity index (χ0v) is 19.8. The molecule has 0 aliphatic carbocycles. The maximum Gasteiger partial charge on any atom is 0.0501 e. The third-order valence-electron chi connectivity index (χ3n) is 5.99. The van der Waals surface area contributed by atoms with Crippen molar-refractivity contribution in [3.05, 3.63) is 35.9 Å². The molecule has 0 heterocycles. The van der Waals surface area contributed by atoms with Gasteiger partial charge in [0.2, 0.25) is 0 Å². The number of hydrogen-bond donors (Lipinski definition) is 0. The van der Waals surface area contributed by atoms with Gasteiger partial charge in [-0.25, -0.2) is 0 Å². The lowest BCUT2D eigenvalue weighted by atomic mass is 10.2. The smallest absolute Gasteiger partial charge is 0.0501 e. The van der Waals surface area contributed by atoms with Crippen LogP contribution in [0.4, 0.5) is 0 Å². The molecule has 0 bridgehead atoms. The molecule has 0 unspecified atom stereocenters. The van der Waals surface area contributed by atoms with Crippen LogP contribution in [0.1, 0.15) is 26.3 Å². The van der Waals surface area contributed by atoms with E-state index in [4.69, 9.17) is 0 Å². The summed E-state index contributed by atoms with van der Waals surface area (Å²) in [6, 6.07) is 17.1. The first-order chi connectivity index (χ1) is 10.7. The lowest BCUT2D eigenvalue weighted by molar-refractivity contribution is 1.09. The van der Waals surface area contributed by atoms with Crippen LogP contribution in [0.25, 0.3) is 0 Å². The van der Waals surface area contributed by atoms with Crippen molar-refractivity contribution in [1.82, 2.24) is 0 Å². The van der Waals surface area contributed by atoms with Crippen LogP contribution in [0.2, 0.25) is 61.7 Å². The molecule has 0 radical (unpaired) electrons. The fourth-order valence-electron chi connectivity index (χ4n) is 4.71. The highest BCUT2D eigenvalue weighted by Gasteiger charge is 2.38. The van der Waals surface area contributed by atoms with Crippen LogP contribution in [0.15, 0.2) is 30.3 Å². The second-order valence-electron chi connectivity index (χ2n) is 9.23. The van der Waals surface area contributed by atoms with Crippen LogP contribution in [0.3, 0.4) is 0 Å². The van der Waals surface area contributed by atoms with Gasteiger partial charge in [-0.3, -0.25) is 0 Å². The number of rotatable bonds is 10. The summed E-state index contributed by atoms with van der Waals surface area (Å²) in [5, 5.41) is 0. The quantitative estimate of drug-likeness (QED) is 0.384. The Morgan fingerprint density at radius 3 is 1.70 bits per heavy atom. The molecule has 0 N–H and O–H groups in total. The Labute approximate surface area is 149 Å². The highest BCUT2D eigenvalue weighted by molar-refractivity contribution is 7.03. The van der Waals surface area contributed by atoms with Crippen LogP contribution in [0.5, 0.6) is 0 Å². The molecule has 1 aromatic rings. The molecule has 3 heteroatoms. The molecule has 0 aliphatic heterocycles. The molecule has 1 rings (SSSR count). The van der Waals surface area contributed by atoms with Crippen molar-refractivity contribution >= 4 is 24.2 Å². The van der Waals surface area contributed by atoms with Crippen molar-refractivity contribution in [3.63, 3.8) is 0 Å². The molecule has 0 saturated carbocycles. The molecule has 0 aliphatic rings. The predicted molar refractivity (Wildman–Crippen MR) is 117 cm³/mol. The van der Waals surface area contributed by atoms with E-state index in [1.165, 1.54) is 36.2 Å². The van der Waals surface area contributed by atoms with Crippen LogP contribution in [0, 0.1) is 0 Å². The topological polar surface area (TPSA) is 0 Å². The fraction of sp³-hybridized carbons (Fsp3) is 0.700. The van der Waals surface area contributed by atoms with Gasteiger partial charge in [0.15, 0.2) is 0 Å². The summed E-state index contributed by atoms with van der Waals surface area (Å²) in [5.41, 5.74) is 4.83. The molecule has 0 saturated heterocycles. The standard InChI is InChI=1S/C20H40Si3/c1-8-23(9-2,10-3)19-22(6,7)18-21(4,5)17-16-20-14-12-11-13-15-20/h11-15H,8-10,16-19H2,1-7H3. The van der Waals surface area contributed by atoms with Crippen LogP contribution in [-0.2, 0) is 6.42 Å². The molecule has 0 spiro atoms. The van der Waals surface area contributed by atoms with Gasteiger partial charge in [0.05, 0.1) is 8.07 Å². The van der Waals surface area contributed by atoms with Gasteiger partial charge in [0, 0.05) is 16.1 Å². The van der Waals surface area contributed by atoms with E-state index in [2.05, 4.69) is 77.3 Å². The van der Waals surface area contributed by atoms with Gasteiger partial charge in [0.1, 0.15) is 0 Å². The molecule has 0 nitrogen and oxygen atoms in total. The van der Waals surface area contributed by atoms with E-state index < -0.39 is 24.2 Å². The van der Waals surface area contributed by atoms with Crippen molar-refractivity contribution in [2.24, 2.45) is 0 Å². The zero-order chi connectivity index (χ0) is 17.6. The third-order valence-corrected chi connectivity index (χ3v) is 26.6. The Bertz CT molecular complexity index is 439. The minimum absolute atomic E-state index is 0.956. The van der Waals surface area contributed by atoms with Gasteiger partial charge in [-0.15, -0.1) is 0 Å². The average molecular weight is 365 g/mol. The summed E-state index contributed by atoms with van der Waals surface area (Å²) in [6.45, 7) is 18.1. The van der Waals surface area contributed by atoms with E-state index in [9.17, 15) is 0 Å². The van der Waals surface area contributed by atoms with E-state index in [0.29, 0.717) is 0 Å². The molecule has 0 fully saturated rings. The Hall–Kier alpha value is -0.129. The predicted octanol–water partition coefficient (Wildman–Crippen LogP) is 7.23. The van der Waals surface area contributed by atoms with E-state index >= 15 is 0 Å². The van der Waals surface area contributed by atoms with Crippen LogP contribution < -0.4 is 0 Å². The number of aryl methyl sites for hydroxylation is 1. The SMILES string of the molecule is CC[Si](CC)(CC)C[Si](C)(C)C[Si](C)(C)CCc1ccccc1. The monoisotopic (exact) mass is 364 g/mol. The summed E-state index contributed by atoms with van der Waals surface area (Å²) in [4.78, 5) is 0. The highest BCUT2D eigenvalue weighted by atomic mass is 28.4. The molecular weight excluding hydrogens is 324 g/mol. The minimum Gasteiger partial charge on any atom is -0.0698 e. The second kappa shape index (κ2) is 8.82. The van der Waals surface area contributed by atoms with Crippen molar-refractivity contribution in [3.8, 4) is 0 Å². The zero-order valence-electron chi connectivity index (χ0n) is 16.8. The summed E-state index contributed by atoms with van der Waals surface area (Å²) < 4.78 is 0. The Balaban J connectivity index is 2.66. The lowest BCUT2D eigenvalue weighted by Gasteiger charge is -2.39. The molecule has 1 aromatic carbocycles. The highest BCUT2D eigenvalue weighted by Crippen LogP contribution is 2.35. The van der Waals surface area contributed by atoms with Crippen molar-refractivity contribution < 1.29 is 0 Å². The first kappa shape index (κ1) is 20.9. The molecule has 0 atom stereocenters. The molecular formula is C20H40Si3. The van der Waals surface area contributed by atoms with Crippen molar-refractivity contribution in [1.29, 1.82) is 0 Å². The average Bonchev–Trinajstić information content (AvgIpc) is 2.51. The summed E-state index contributed by atoms with van der Waals surface area (Å²) >= 11 is 0. The molecule has 132 valence electrons. The normalized spacial score (nSPS) is 13.3. The largest absolute Gasteiger partial charge is 0.0698 e. The molecule has 23 heavy (non-hydrogen) atoms. The van der Waals surface area contributed by atoms with Gasteiger partial charge in [-0.2, -0.15) is 0 Å². The van der Waals surface area contributed by atoms with E-state index in [0.717, 1.165) is 0 Å². The van der Waals surface area contributed by atoms with Gasteiger partial charge >= 0.3 is 0 Å². The first-order valence-electron chi connectivity index (χ1n) is 9.71.